The Hall–Kier alpha value is -2.50. The molecule has 4 rings (SSSR count). The van der Waals surface area contributed by atoms with Gasteiger partial charge in [0.2, 0.25) is 5.91 Å². The minimum Gasteiger partial charge on any atom is -0.347 e. The third-order valence-corrected chi connectivity index (χ3v) is 5.48. The van der Waals surface area contributed by atoms with Crippen LogP contribution >= 0.6 is 0 Å². The van der Waals surface area contributed by atoms with Gasteiger partial charge in [-0.3, -0.25) is 19.6 Å². The molecule has 1 atom stereocenters. The molecule has 0 bridgehead atoms. The molecule has 1 N–H and O–H groups in total. The monoisotopic (exact) mass is 352 g/mol. The maximum absolute atomic E-state index is 12.6. The summed E-state index contributed by atoms with van der Waals surface area (Å²) in [7, 11) is 0. The number of nitrogens with zero attached hydrogens (tertiary/aromatic N) is 3. The average molecular weight is 352 g/mol. The summed E-state index contributed by atoms with van der Waals surface area (Å²) in [5.41, 5.74) is 2.01. The van der Waals surface area contributed by atoms with Crippen molar-refractivity contribution in [3.63, 3.8) is 0 Å². The number of carbonyl (C=O) groups excluding carboxylic acids is 2. The van der Waals surface area contributed by atoms with Gasteiger partial charge < -0.3 is 10.2 Å². The van der Waals surface area contributed by atoms with Crippen LogP contribution in [0.25, 0.3) is 11.0 Å². The second-order valence-corrected chi connectivity index (χ2v) is 7.44. The van der Waals surface area contributed by atoms with Gasteiger partial charge in [0, 0.05) is 37.5 Å². The number of benzene rings is 1. The zero-order chi connectivity index (χ0) is 17.9. The Morgan fingerprint density at radius 3 is 2.69 bits per heavy atom. The van der Waals surface area contributed by atoms with Gasteiger partial charge in [-0.15, -0.1) is 0 Å². The number of likely N-dealkylation sites (tertiary alicyclic amines) is 1. The summed E-state index contributed by atoms with van der Waals surface area (Å²) in [5, 5.41) is 3.01. The summed E-state index contributed by atoms with van der Waals surface area (Å²) in [5.74, 6) is 0.626. The van der Waals surface area contributed by atoms with Crippen molar-refractivity contribution < 1.29 is 9.59 Å². The predicted molar refractivity (Wildman–Crippen MR) is 98.6 cm³/mol. The Labute approximate surface area is 153 Å². The maximum Gasteiger partial charge on any atom is 0.251 e. The lowest BCUT2D eigenvalue weighted by Gasteiger charge is -2.27. The van der Waals surface area contributed by atoms with Crippen LogP contribution in [0, 0.1) is 5.92 Å². The molecule has 2 heterocycles. The van der Waals surface area contributed by atoms with Gasteiger partial charge in [-0.1, -0.05) is 19.3 Å². The van der Waals surface area contributed by atoms with Gasteiger partial charge in [0.15, 0.2) is 0 Å². The second-order valence-electron chi connectivity index (χ2n) is 7.44. The Bertz CT molecular complexity index is 816. The van der Waals surface area contributed by atoms with Crippen LogP contribution in [0.4, 0.5) is 0 Å². The molecular weight excluding hydrogens is 328 g/mol. The Kier molecular flexibility index (Phi) is 4.82. The first-order chi connectivity index (χ1) is 12.7. The highest BCUT2D eigenvalue weighted by molar-refractivity contribution is 5.97. The number of hydrogen-bond acceptors (Lipinski definition) is 4. The van der Waals surface area contributed by atoms with E-state index in [0.717, 1.165) is 12.1 Å². The Morgan fingerprint density at radius 2 is 1.88 bits per heavy atom. The van der Waals surface area contributed by atoms with Crippen molar-refractivity contribution in [3.8, 4) is 0 Å². The van der Waals surface area contributed by atoms with E-state index in [0.29, 0.717) is 30.0 Å². The summed E-state index contributed by atoms with van der Waals surface area (Å²) in [6, 6.07) is 5.18. The predicted octanol–water partition coefficient (Wildman–Crippen LogP) is 2.54. The molecule has 1 aromatic heterocycles. The summed E-state index contributed by atoms with van der Waals surface area (Å²) in [6.07, 6.45) is 9.95. The SMILES string of the molecule is O=C(N[C@H]1CC(=O)N(CC2CCCCC2)C1)c1ccc2nccnc2c1. The highest BCUT2D eigenvalue weighted by Crippen LogP contribution is 2.26. The van der Waals surface area contributed by atoms with Crippen molar-refractivity contribution in [1.29, 1.82) is 0 Å². The van der Waals surface area contributed by atoms with Crippen LogP contribution in [0.15, 0.2) is 30.6 Å². The fourth-order valence-corrected chi connectivity index (χ4v) is 4.10. The zero-order valence-electron chi connectivity index (χ0n) is 14.9. The number of nitrogens with one attached hydrogen (secondary N) is 1. The van der Waals surface area contributed by atoms with Crippen LogP contribution in [0.5, 0.6) is 0 Å². The van der Waals surface area contributed by atoms with Gasteiger partial charge in [0.05, 0.1) is 17.1 Å². The van der Waals surface area contributed by atoms with Gasteiger partial charge in [-0.25, -0.2) is 0 Å². The van der Waals surface area contributed by atoms with Crippen LogP contribution in [-0.4, -0.2) is 45.8 Å². The fraction of sp³-hybridized carbons (Fsp3) is 0.500. The zero-order valence-corrected chi connectivity index (χ0v) is 14.9. The van der Waals surface area contributed by atoms with E-state index in [2.05, 4.69) is 15.3 Å². The maximum atomic E-state index is 12.6. The van der Waals surface area contributed by atoms with Crippen LogP contribution in [-0.2, 0) is 4.79 Å². The molecule has 1 aliphatic heterocycles. The number of aromatic nitrogens is 2. The molecule has 1 saturated heterocycles. The molecule has 1 saturated carbocycles. The smallest absolute Gasteiger partial charge is 0.251 e. The molecule has 1 aliphatic carbocycles. The lowest BCUT2D eigenvalue weighted by atomic mass is 9.89. The molecule has 2 aromatic rings. The minimum atomic E-state index is -0.158. The van der Waals surface area contributed by atoms with Gasteiger partial charge in [0.1, 0.15) is 0 Å². The number of amides is 2. The van der Waals surface area contributed by atoms with E-state index in [1.807, 2.05) is 4.90 Å². The van der Waals surface area contributed by atoms with E-state index in [1.165, 1.54) is 32.1 Å². The average Bonchev–Trinajstić information content (AvgIpc) is 3.01. The topological polar surface area (TPSA) is 75.2 Å². The summed E-state index contributed by atoms with van der Waals surface area (Å²) < 4.78 is 0. The third-order valence-electron chi connectivity index (χ3n) is 5.48. The quantitative estimate of drug-likeness (QED) is 0.917. The Morgan fingerprint density at radius 1 is 1.12 bits per heavy atom. The molecule has 1 aromatic carbocycles. The molecule has 0 spiro atoms. The third kappa shape index (κ3) is 3.69. The van der Waals surface area contributed by atoms with E-state index in [1.54, 1.807) is 30.6 Å². The van der Waals surface area contributed by atoms with Crippen molar-refractivity contribution in [2.45, 2.75) is 44.6 Å². The largest absolute Gasteiger partial charge is 0.347 e. The van der Waals surface area contributed by atoms with Gasteiger partial charge in [0.25, 0.3) is 5.91 Å². The molecule has 136 valence electrons. The van der Waals surface area contributed by atoms with E-state index >= 15 is 0 Å². The lowest BCUT2D eigenvalue weighted by Crippen LogP contribution is -2.38. The van der Waals surface area contributed by atoms with E-state index in [4.69, 9.17) is 0 Å². The standard InChI is InChI=1S/C20H24N4O2/c25-19-11-16(13-24(19)12-14-4-2-1-3-5-14)23-20(26)15-6-7-17-18(10-15)22-9-8-21-17/h6-10,14,16H,1-5,11-13H2,(H,23,26)/t16-/m0/s1. The summed E-state index contributed by atoms with van der Waals surface area (Å²) >= 11 is 0. The minimum absolute atomic E-state index is 0.115. The highest BCUT2D eigenvalue weighted by atomic mass is 16.2. The molecule has 0 radical (unpaired) electrons. The van der Waals surface area contributed by atoms with E-state index in [9.17, 15) is 9.59 Å². The number of rotatable bonds is 4. The van der Waals surface area contributed by atoms with Crippen molar-refractivity contribution >= 4 is 22.8 Å². The molecule has 2 amide bonds. The summed E-state index contributed by atoms with van der Waals surface area (Å²) in [6.45, 7) is 1.46. The number of carbonyl (C=O) groups is 2. The fourth-order valence-electron chi connectivity index (χ4n) is 4.10. The van der Waals surface area contributed by atoms with Crippen molar-refractivity contribution in [2.75, 3.05) is 13.1 Å². The molecule has 26 heavy (non-hydrogen) atoms. The van der Waals surface area contributed by atoms with Crippen LogP contribution in [0.2, 0.25) is 0 Å². The van der Waals surface area contributed by atoms with Crippen molar-refractivity contribution in [2.24, 2.45) is 5.92 Å². The van der Waals surface area contributed by atoms with Gasteiger partial charge in [-0.05, 0) is 37.0 Å². The number of fused-ring (bicyclic) bond motifs is 1. The molecular formula is C20H24N4O2. The van der Waals surface area contributed by atoms with E-state index < -0.39 is 0 Å². The second kappa shape index (κ2) is 7.40. The molecule has 0 unspecified atom stereocenters. The van der Waals surface area contributed by atoms with Crippen LogP contribution < -0.4 is 5.32 Å². The first-order valence-corrected chi connectivity index (χ1v) is 9.48. The molecule has 2 fully saturated rings. The van der Waals surface area contributed by atoms with Gasteiger partial charge >= 0.3 is 0 Å². The Balaban J connectivity index is 1.37. The summed E-state index contributed by atoms with van der Waals surface area (Å²) in [4.78, 5) is 35.3. The normalized spacial score (nSPS) is 21.3. The lowest BCUT2D eigenvalue weighted by molar-refractivity contribution is -0.128. The number of hydrogen-bond donors (Lipinski definition) is 1. The molecule has 6 nitrogen and oxygen atoms in total. The molecule has 6 heteroatoms. The van der Waals surface area contributed by atoms with E-state index in [-0.39, 0.29) is 17.9 Å². The van der Waals surface area contributed by atoms with Crippen molar-refractivity contribution in [3.05, 3.63) is 36.2 Å². The highest BCUT2D eigenvalue weighted by Gasteiger charge is 2.32. The van der Waals surface area contributed by atoms with Crippen molar-refractivity contribution in [1.82, 2.24) is 20.2 Å². The molecule has 2 aliphatic rings. The first kappa shape index (κ1) is 16.9. The van der Waals surface area contributed by atoms with Crippen LogP contribution in [0.3, 0.4) is 0 Å². The van der Waals surface area contributed by atoms with Gasteiger partial charge in [-0.2, -0.15) is 0 Å². The first-order valence-electron chi connectivity index (χ1n) is 9.48. The van der Waals surface area contributed by atoms with Crippen LogP contribution in [0.1, 0.15) is 48.9 Å².